The summed E-state index contributed by atoms with van der Waals surface area (Å²) < 4.78 is 6.72. The zero-order valence-electron chi connectivity index (χ0n) is 20.8. The van der Waals surface area contributed by atoms with Crippen molar-refractivity contribution in [2.45, 2.75) is 32.6 Å². The van der Waals surface area contributed by atoms with Crippen LogP contribution in [0.4, 0.5) is 0 Å². The van der Waals surface area contributed by atoms with Gasteiger partial charge in [0.25, 0.3) is 5.91 Å². The number of phenolic OH excluding ortho intramolecular Hbond substituents is 1. The predicted molar refractivity (Wildman–Crippen MR) is 137 cm³/mol. The number of unbranched alkanes of at least 4 members (excludes halogenated alkanes) is 1. The van der Waals surface area contributed by atoms with Crippen LogP contribution in [0.3, 0.4) is 0 Å². The lowest BCUT2D eigenvalue weighted by Gasteiger charge is -2.29. The summed E-state index contributed by atoms with van der Waals surface area (Å²) in [6, 6.07) is 11.6. The summed E-state index contributed by atoms with van der Waals surface area (Å²) in [5.41, 5.74) is 3.75. The normalized spacial score (nSPS) is 10.8. The Balaban J connectivity index is 0.00000578. The number of benzene rings is 2. The molecule has 0 aliphatic heterocycles. The van der Waals surface area contributed by atoms with Gasteiger partial charge in [0.05, 0.1) is 14.1 Å². The minimum Gasteiger partial charge on any atom is -1.00 e. The molecule has 0 aromatic heterocycles. The van der Waals surface area contributed by atoms with Gasteiger partial charge in [0.2, 0.25) is 0 Å². The van der Waals surface area contributed by atoms with Crippen molar-refractivity contribution < 1.29 is 36.1 Å². The molecular weight excluding hydrogens is 492 g/mol. The zero-order chi connectivity index (χ0) is 24.3. The van der Waals surface area contributed by atoms with E-state index in [4.69, 9.17) is 4.74 Å². The number of quaternary nitrogens is 1. The first-order chi connectivity index (χ1) is 15.8. The number of hydrogen-bond donors (Lipinski definition) is 2. The average Bonchev–Trinajstić information content (AvgIpc) is 2.76. The Labute approximate surface area is 215 Å². The van der Waals surface area contributed by atoms with Gasteiger partial charge in [0.1, 0.15) is 24.7 Å². The molecular formula is C28H39BrN2O3. The molecule has 34 heavy (non-hydrogen) atoms. The van der Waals surface area contributed by atoms with Crippen molar-refractivity contribution in [3.63, 3.8) is 0 Å². The Hall–Kier alpha value is -2.57. The standard InChI is InChI=1S/C28H38N2O3.BrH/c1-6-9-16-29-28(32)21-30(4,5)17-18-33-27-15-13-23(11-8-3)20-25(27)24-19-22(10-7-2)12-14-26(24)31;/h7-8,12-15,19-20H,2-3,6,9-11,16-18,21H2,1,4-5H3,(H-,29,31,32);1H. The summed E-state index contributed by atoms with van der Waals surface area (Å²) in [6.07, 6.45) is 7.22. The van der Waals surface area contributed by atoms with E-state index in [2.05, 4.69) is 25.4 Å². The van der Waals surface area contributed by atoms with Crippen LogP contribution in [0.5, 0.6) is 11.5 Å². The SMILES string of the molecule is C=CCc1ccc(O)c(-c2cc(CC=C)ccc2OCC[N+](C)(C)CC(=O)NCCCC)c1.[Br-]. The number of rotatable bonds is 14. The van der Waals surface area contributed by atoms with Crippen molar-refractivity contribution in [1.29, 1.82) is 0 Å². The number of ether oxygens (including phenoxy) is 1. The minimum absolute atomic E-state index is 0. The fourth-order valence-corrected chi connectivity index (χ4v) is 3.63. The molecule has 6 heteroatoms. The Morgan fingerprint density at radius 2 is 1.68 bits per heavy atom. The number of halogens is 1. The van der Waals surface area contributed by atoms with Gasteiger partial charge >= 0.3 is 0 Å². The molecule has 0 bridgehead atoms. The lowest BCUT2D eigenvalue weighted by atomic mass is 9.97. The highest BCUT2D eigenvalue weighted by Crippen LogP contribution is 2.37. The van der Waals surface area contributed by atoms with Gasteiger partial charge in [0, 0.05) is 17.7 Å². The molecule has 0 aliphatic rings. The van der Waals surface area contributed by atoms with Crippen LogP contribution in [0.2, 0.25) is 0 Å². The van der Waals surface area contributed by atoms with Gasteiger partial charge in [-0.2, -0.15) is 0 Å². The van der Waals surface area contributed by atoms with E-state index in [1.165, 1.54) is 0 Å². The van der Waals surface area contributed by atoms with Crippen LogP contribution in [0.1, 0.15) is 30.9 Å². The maximum Gasteiger partial charge on any atom is 0.275 e. The third kappa shape index (κ3) is 9.35. The highest BCUT2D eigenvalue weighted by molar-refractivity contribution is 5.77. The summed E-state index contributed by atoms with van der Waals surface area (Å²) >= 11 is 0. The first kappa shape index (κ1) is 29.5. The van der Waals surface area contributed by atoms with E-state index in [0.29, 0.717) is 29.9 Å². The molecule has 0 saturated heterocycles. The molecule has 0 aliphatic carbocycles. The summed E-state index contributed by atoms with van der Waals surface area (Å²) in [5, 5.41) is 13.6. The molecule has 1 amide bonds. The Morgan fingerprint density at radius 3 is 2.29 bits per heavy atom. The number of nitrogens with one attached hydrogen (secondary N) is 1. The van der Waals surface area contributed by atoms with Gasteiger partial charge in [0.15, 0.2) is 6.54 Å². The van der Waals surface area contributed by atoms with Crippen LogP contribution in [-0.4, -0.2) is 55.8 Å². The van der Waals surface area contributed by atoms with Crippen LogP contribution >= 0.6 is 0 Å². The summed E-state index contributed by atoms with van der Waals surface area (Å²) in [7, 11) is 4.06. The quantitative estimate of drug-likeness (QED) is 0.223. The number of carbonyl (C=O) groups excluding carboxylic acids is 1. The second kappa shape index (κ2) is 14.6. The smallest absolute Gasteiger partial charge is 0.275 e. The molecule has 2 N–H and O–H groups in total. The number of allylic oxidation sites excluding steroid dienone is 2. The van der Waals surface area contributed by atoms with Gasteiger partial charge in [-0.1, -0.05) is 37.6 Å². The van der Waals surface area contributed by atoms with Crippen LogP contribution in [0, 0.1) is 0 Å². The zero-order valence-corrected chi connectivity index (χ0v) is 22.4. The van der Waals surface area contributed by atoms with Crippen LogP contribution in [0.25, 0.3) is 11.1 Å². The van der Waals surface area contributed by atoms with E-state index in [-0.39, 0.29) is 28.6 Å². The Kier molecular flexibility index (Phi) is 12.7. The summed E-state index contributed by atoms with van der Waals surface area (Å²) in [5.74, 6) is 0.983. The molecule has 0 saturated carbocycles. The summed E-state index contributed by atoms with van der Waals surface area (Å²) in [4.78, 5) is 12.2. The molecule has 5 nitrogen and oxygen atoms in total. The summed E-state index contributed by atoms with van der Waals surface area (Å²) in [6.45, 7) is 12.0. The second-order valence-electron chi connectivity index (χ2n) is 9.04. The molecule has 0 fully saturated rings. The second-order valence-corrected chi connectivity index (χ2v) is 9.04. The first-order valence-corrected chi connectivity index (χ1v) is 11.7. The number of carbonyl (C=O) groups is 1. The minimum atomic E-state index is 0. The molecule has 0 unspecified atom stereocenters. The number of amides is 1. The lowest BCUT2D eigenvalue weighted by Crippen LogP contribution is -3.00. The highest BCUT2D eigenvalue weighted by Gasteiger charge is 2.20. The van der Waals surface area contributed by atoms with E-state index >= 15 is 0 Å². The Bertz CT molecular complexity index is 957. The molecule has 0 radical (unpaired) electrons. The molecule has 186 valence electrons. The van der Waals surface area contributed by atoms with Crippen molar-refractivity contribution in [3.8, 4) is 22.6 Å². The van der Waals surface area contributed by atoms with Gasteiger partial charge < -0.3 is 36.6 Å². The van der Waals surface area contributed by atoms with Crippen molar-refractivity contribution in [1.82, 2.24) is 5.32 Å². The van der Waals surface area contributed by atoms with Crippen LogP contribution in [0.15, 0.2) is 61.7 Å². The van der Waals surface area contributed by atoms with Gasteiger partial charge in [-0.3, -0.25) is 4.79 Å². The van der Waals surface area contributed by atoms with Gasteiger partial charge in [-0.05, 0) is 54.7 Å². The number of hydrogen-bond acceptors (Lipinski definition) is 3. The highest BCUT2D eigenvalue weighted by atomic mass is 79.9. The lowest BCUT2D eigenvalue weighted by molar-refractivity contribution is -0.882. The number of nitrogens with zero attached hydrogens (tertiary/aromatic N) is 1. The van der Waals surface area contributed by atoms with E-state index in [9.17, 15) is 9.90 Å². The van der Waals surface area contributed by atoms with Crippen molar-refractivity contribution >= 4 is 5.91 Å². The van der Waals surface area contributed by atoms with Crippen molar-refractivity contribution in [2.24, 2.45) is 0 Å². The van der Waals surface area contributed by atoms with Crippen molar-refractivity contribution in [2.75, 3.05) is 40.3 Å². The molecule has 0 spiro atoms. The third-order valence-electron chi connectivity index (χ3n) is 5.53. The first-order valence-electron chi connectivity index (χ1n) is 11.7. The van der Waals surface area contributed by atoms with E-state index < -0.39 is 0 Å². The molecule has 2 aromatic rings. The van der Waals surface area contributed by atoms with Crippen LogP contribution < -0.4 is 27.0 Å². The molecule has 2 aromatic carbocycles. The van der Waals surface area contributed by atoms with Crippen molar-refractivity contribution in [3.05, 3.63) is 72.8 Å². The van der Waals surface area contributed by atoms with E-state index in [1.807, 2.05) is 56.6 Å². The fraction of sp³-hybridized carbons (Fsp3) is 0.393. The molecule has 0 atom stereocenters. The van der Waals surface area contributed by atoms with E-state index in [1.54, 1.807) is 6.07 Å². The maximum atomic E-state index is 12.2. The molecule has 2 rings (SSSR count). The van der Waals surface area contributed by atoms with Gasteiger partial charge in [-0.15, -0.1) is 13.2 Å². The van der Waals surface area contributed by atoms with Crippen LogP contribution in [-0.2, 0) is 17.6 Å². The third-order valence-corrected chi connectivity index (χ3v) is 5.53. The monoisotopic (exact) mass is 530 g/mol. The molecule has 0 heterocycles. The maximum absolute atomic E-state index is 12.2. The largest absolute Gasteiger partial charge is 1.00 e. The number of aromatic hydroxyl groups is 1. The van der Waals surface area contributed by atoms with Gasteiger partial charge in [-0.25, -0.2) is 0 Å². The number of likely N-dealkylation sites (N-methyl/N-ethyl adjacent to an activating group) is 1. The topological polar surface area (TPSA) is 58.6 Å². The van der Waals surface area contributed by atoms with E-state index in [0.717, 1.165) is 54.5 Å². The number of phenols is 1. The average molecular weight is 532 g/mol. The fourth-order valence-electron chi connectivity index (χ4n) is 3.63. The predicted octanol–water partition coefficient (Wildman–Crippen LogP) is 1.89. The Morgan fingerprint density at radius 1 is 1.06 bits per heavy atom.